The van der Waals surface area contributed by atoms with Crippen LogP contribution >= 0.6 is 11.5 Å². The number of nitrogen functional groups attached to an aromatic ring is 1. The van der Waals surface area contributed by atoms with Crippen LogP contribution in [0, 0.1) is 0 Å². The molecule has 3 aromatic rings. The molecule has 0 saturated heterocycles. The Kier molecular flexibility index (Phi) is 4.06. The Morgan fingerprint density at radius 2 is 2.14 bits per heavy atom. The zero-order chi connectivity index (χ0) is 15.4. The molecule has 0 aliphatic carbocycles. The van der Waals surface area contributed by atoms with Gasteiger partial charge in [0.1, 0.15) is 10.6 Å². The normalized spacial score (nSPS) is 10.4. The first-order valence-electron chi connectivity index (χ1n) is 6.59. The van der Waals surface area contributed by atoms with E-state index in [-0.39, 0.29) is 5.91 Å². The summed E-state index contributed by atoms with van der Waals surface area (Å²) in [6, 6.07) is 9.18. The van der Waals surface area contributed by atoms with Gasteiger partial charge in [0.15, 0.2) is 0 Å². The van der Waals surface area contributed by atoms with Gasteiger partial charge in [0.05, 0.1) is 11.4 Å². The number of nitrogens with one attached hydrogen (secondary N) is 1. The molecule has 0 aromatic carbocycles. The zero-order valence-corrected chi connectivity index (χ0v) is 12.4. The number of nitrogens with zero attached hydrogens (tertiary/aromatic N) is 3. The summed E-state index contributed by atoms with van der Waals surface area (Å²) < 4.78 is 4.24. The third kappa shape index (κ3) is 2.94. The molecular weight excluding hydrogens is 298 g/mol. The van der Waals surface area contributed by atoms with E-state index in [1.165, 1.54) is 0 Å². The summed E-state index contributed by atoms with van der Waals surface area (Å²) in [6.45, 7) is 0.392. The van der Waals surface area contributed by atoms with Crippen molar-refractivity contribution in [3.05, 3.63) is 59.4 Å². The second-order valence-corrected chi connectivity index (χ2v) is 5.31. The van der Waals surface area contributed by atoms with E-state index in [0.29, 0.717) is 28.5 Å². The van der Waals surface area contributed by atoms with Crippen molar-refractivity contribution in [2.75, 3.05) is 5.73 Å². The highest BCUT2D eigenvalue weighted by Gasteiger charge is 2.18. The van der Waals surface area contributed by atoms with Crippen LogP contribution in [0.25, 0.3) is 11.4 Å². The summed E-state index contributed by atoms with van der Waals surface area (Å²) in [7, 11) is 0. The van der Waals surface area contributed by atoms with Crippen LogP contribution in [0.3, 0.4) is 0 Å². The number of amides is 1. The average Bonchev–Trinajstić information content (AvgIpc) is 2.96. The van der Waals surface area contributed by atoms with Crippen molar-refractivity contribution in [2.45, 2.75) is 6.54 Å². The topological polar surface area (TPSA) is 93.8 Å². The molecule has 0 atom stereocenters. The van der Waals surface area contributed by atoms with Crippen molar-refractivity contribution in [1.82, 2.24) is 19.7 Å². The molecule has 3 rings (SSSR count). The fourth-order valence-electron chi connectivity index (χ4n) is 1.91. The van der Waals surface area contributed by atoms with Crippen molar-refractivity contribution >= 4 is 23.1 Å². The van der Waals surface area contributed by atoms with Gasteiger partial charge in [-0.25, -0.2) is 0 Å². The number of hydrogen-bond acceptors (Lipinski definition) is 6. The molecule has 110 valence electrons. The fraction of sp³-hybridized carbons (Fsp3) is 0.0667. The standard InChI is InChI=1S/C15H13N5OS/c16-12-13(11-5-1-2-7-18-11)20-22-14(12)15(21)19-9-10-4-3-6-17-8-10/h1-8H,9,16H2,(H,19,21). The summed E-state index contributed by atoms with van der Waals surface area (Å²) in [4.78, 5) is 20.8. The first kappa shape index (κ1) is 14.2. The van der Waals surface area contributed by atoms with Gasteiger partial charge in [0, 0.05) is 25.1 Å². The maximum atomic E-state index is 12.2. The first-order chi connectivity index (χ1) is 10.8. The van der Waals surface area contributed by atoms with E-state index in [0.717, 1.165) is 17.1 Å². The number of aromatic nitrogens is 3. The molecule has 0 saturated carbocycles. The van der Waals surface area contributed by atoms with Crippen LogP contribution in [-0.2, 0) is 6.54 Å². The van der Waals surface area contributed by atoms with E-state index in [1.807, 2.05) is 30.3 Å². The van der Waals surface area contributed by atoms with Crippen molar-refractivity contribution < 1.29 is 4.79 Å². The average molecular weight is 311 g/mol. The van der Waals surface area contributed by atoms with Gasteiger partial charge in [-0.2, -0.15) is 4.37 Å². The molecular formula is C15H13N5OS. The number of rotatable bonds is 4. The van der Waals surface area contributed by atoms with E-state index in [4.69, 9.17) is 5.73 Å². The van der Waals surface area contributed by atoms with Gasteiger partial charge in [-0.1, -0.05) is 12.1 Å². The first-order valence-corrected chi connectivity index (χ1v) is 7.36. The molecule has 0 bridgehead atoms. The highest BCUT2D eigenvalue weighted by molar-refractivity contribution is 7.09. The summed E-state index contributed by atoms with van der Waals surface area (Å²) in [5, 5.41) is 2.81. The minimum atomic E-state index is -0.249. The van der Waals surface area contributed by atoms with E-state index in [2.05, 4.69) is 19.7 Å². The van der Waals surface area contributed by atoms with Crippen LogP contribution in [0.2, 0.25) is 0 Å². The number of nitrogens with two attached hydrogens (primary N) is 1. The lowest BCUT2D eigenvalue weighted by molar-refractivity contribution is 0.0956. The van der Waals surface area contributed by atoms with E-state index >= 15 is 0 Å². The molecule has 1 amide bonds. The predicted octanol–water partition coefficient (Wildman–Crippen LogP) is 2.11. The summed E-state index contributed by atoms with van der Waals surface area (Å²) in [5.41, 5.74) is 8.51. The van der Waals surface area contributed by atoms with Crippen LogP contribution in [0.4, 0.5) is 5.69 Å². The van der Waals surface area contributed by atoms with Gasteiger partial charge in [0.25, 0.3) is 5.91 Å². The molecule has 0 unspecified atom stereocenters. The van der Waals surface area contributed by atoms with Gasteiger partial charge in [-0.15, -0.1) is 0 Å². The third-order valence-electron chi connectivity index (χ3n) is 3.02. The molecule has 0 aliphatic rings. The van der Waals surface area contributed by atoms with Crippen molar-refractivity contribution in [3.63, 3.8) is 0 Å². The highest BCUT2D eigenvalue weighted by Crippen LogP contribution is 2.29. The second kappa shape index (κ2) is 6.31. The molecule has 0 radical (unpaired) electrons. The Morgan fingerprint density at radius 3 is 2.86 bits per heavy atom. The highest BCUT2D eigenvalue weighted by atomic mass is 32.1. The van der Waals surface area contributed by atoms with Gasteiger partial charge in [-0.05, 0) is 35.3 Å². The van der Waals surface area contributed by atoms with Gasteiger partial charge >= 0.3 is 0 Å². The molecule has 0 aliphatic heterocycles. The Labute approximate surface area is 131 Å². The zero-order valence-electron chi connectivity index (χ0n) is 11.6. The predicted molar refractivity (Wildman–Crippen MR) is 85.2 cm³/mol. The van der Waals surface area contributed by atoms with Crippen LogP contribution in [0.1, 0.15) is 15.2 Å². The number of carbonyl (C=O) groups excluding carboxylic acids is 1. The maximum Gasteiger partial charge on any atom is 0.265 e. The monoisotopic (exact) mass is 311 g/mol. The number of pyridine rings is 2. The minimum absolute atomic E-state index is 0.249. The summed E-state index contributed by atoms with van der Waals surface area (Å²) >= 11 is 1.07. The molecule has 3 heterocycles. The number of hydrogen-bond donors (Lipinski definition) is 2. The second-order valence-electron chi connectivity index (χ2n) is 4.53. The third-order valence-corrected chi connectivity index (χ3v) is 3.88. The van der Waals surface area contributed by atoms with Crippen molar-refractivity contribution in [2.24, 2.45) is 0 Å². The molecule has 0 fully saturated rings. The lowest BCUT2D eigenvalue weighted by atomic mass is 10.2. The quantitative estimate of drug-likeness (QED) is 0.769. The van der Waals surface area contributed by atoms with E-state index in [9.17, 15) is 4.79 Å². The fourth-order valence-corrected chi connectivity index (χ4v) is 2.64. The smallest absolute Gasteiger partial charge is 0.265 e. The van der Waals surface area contributed by atoms with E-state index in [1.54, 1.807) is 18.6 Å². The van der Waals surface area contributed by atoms with Crippen molar-refractivity contribution in [3.8, 4) is 11.4 Å². The van der Waals surface area contributed by atoms with E-state index < -0.39 is 0 Å². The number of carbonyl (C=O) groups is 1. The lowest BCUT2D eigenvalue weighted by Gasteiger charge is -2.04. The van der Waals surface area contributed by atoms with Crippen LogP contribution in [0.15, 0.2) is 48.9 Å². The summed E-state index contributed by atoms with van der Waals surface area (Å²) in [6.07, 6.45) is 5.05. The number of anilines is 1. The Bertz CT molecular complexity index is 773. The van der Waals surface area contributed by atoms with Crippen LogP contribution in [-0.4, -0.2) is 20.2 Å². The van der Waals surface area contributed by atoms with Crippen molar-refractivity contribution in [1.29, 1.82) is 0 Å². The van der Waals surface area contributed by atoms with Crippen LogP contribution < -0.4 is 11.1 Å². The lowest BCUT2D eigenvalue weighted by Crippen LogP contribution is -2.22. The molecule has 3 N–H and O–H groups in total. The molecule has 0 spiro atoms. The molecule has 22 heavy (non-hydrogen) atoms. The summed E-state index contributed by atoms with van der Waals surface area (Å²) in [5.74, 6) is -0.249. The Hall–Kier alpha value is -2.80. The molecule has 6 nitrogen and oxygen atoms in total. The van der Waals surface area contributed by atoms with Gasteiger partial charge in [-0.3, -0.25) is 14.8 Å². The Morgan fingerprint density at radius 1 is 1.23 bits per heavy atom. The molecule has 7 heteroatoms. The SMILES string of the molecule is Nc1c(-c2ccccn2)nsc1C(=O)NCc1cccnc1. The largest absolute Gasteiger partial charge is 0.396 e. The van der Waals surface area contributed by atoms with Gasteiger partial charge < -0.3 is 11.1 Å². The maximum absolute atomic E-state index is 12.2. The van der Waals surface area contributed by atoms with Crippen LogP contribution in [0.5, 0.6) is 0 Å². The molecule has 3 aromatic heterocycles. The minimum Gasteiger partial charge on any atom is -0.396 e. The Balaban J connectivity index is 1.75. The van der Waals surface area contributed by atoms with Gasteiger partial charge in [0.2, 0.25) is 0 Å².